The zero-order chi connectivity index (χ0) is 21.5. The molecule has 1 atom stereocenters. The van der Waals surface area contributed by atoms with Crippen LogP contribution in [0, 0.1) is 0 Å². The molecule has 0 aliphatic carbocycles. The van der Waals surface area contributed by atoms with E-state index in [0.29, 0.717) is 11.5 Å². The highest BCUT2D eigenvalue weighted by Gasteiger charge is 2.26. The zero-order valence-corrected chi connectivity index (χ0v) is 18.5. The van der Waals surface area contributed by atoms with E-state index in [0.717, 1.165) is 16.7 Å². The Bertz CT molecular complexity index is 940. The van der Waals surface area contributed by atoms with Crippen molar-refractivity contribution in [2.45, 2.75) is 23.8 Å². The quantitative estimate of drug-likeness (QED) is 0.492. The molecular weight excluding hydrogens is 394 g/mol. The number of rotatable bonds is 8. The molecule has 0 saturated carbocycles. The normalized spacial score (nSPS) is 11.8. The molecule has 0 bridgehead atoms. The van der Waals surface area contributed by atoms with E-state index < -0.39 is 6.04 Å². The van der Waals surface area contributed by atoms with Gasteiger partial charge in [-0.25, -0.2) is 0 Å². The maximum absolute atomic E-state index is 13.3. The third-order valence-electron chi connectivity index (χ3n) is 5.20. The number of carbonyl (C=O) groups is 1. The van der Waals surface area contributed by atoms with E-state index in [1.807, 2.05) is 86.0 Å². The topological polar surface area (TPSA) is 47.6 Å². The van der Waals surface area contributed by atoms with Crippen molar-refractivity contribution in [3.63, 3.8) is 0 Å². The molecule has 3 rings (SSSR count). The lowest BCUT2D eigenvalue weighted by molar-refractivity contribution is -0.122. The second kappa shape index (κ2) is 10.2. The number of hydrogen-bond acceptors (Lipinski definition) is 4. The first-order chi connectivity index (χ1) is 14.6. The highest BCUT2D eigenvalue weighted by molar-refractivity contribution is 7.98. The molecular formula is C25H27NO3S. The van der Waals surface area contributed by atoms with Crippen LogP contribution >= 0.6 is 11.8 Å². The number of thioether (sulfide) groups is 1. The Labute approximate surface area is 182 Å². The third-order valence-corrected chi connectivity index (χ3v) is 5.94. The van der Waals surface area contributed by atoms with Crippen molar-refractivity contribution >= 4 is 17.7 Å². The molecule has 0 spiro atoms. The summed E-state index contributed by atoms with van der Waals surface area (Å²) >= 11 is 1.68. The molecule has 4 nitrogen and oxygen atoms in total. The Kier molecular flexibility index (Phi) is 7.41. The van der Waals surface area contributed by atoms with Crippen LogP contribution in [0.4, 0.5) is 0 Å². The second-order valence-corrected chi connectivity index (χ2v) is 7.80. The summed E-state index contributed by atoms with van der Waals surface area (Å²) in [4.78, 5) is 14.4. The summed E-state index contributed by atoms with van der Waals surface area (Å²) in [6.45, 7) is 1.92. The van der Waals surface area contributed by atoms with Crippen LogP contribution in [-0.4, -0.2) is 26.4 Å². The Morgan fingerprint density at radius 3 is 1.80 bits per heavy atom. The van der Waals surface area contributed by atoms with Crippen molar-refractivity contribution in [2.24, 2.45) is 0 Å². The average molecular weight is 422 g/mol. The van der Waals surface area contributed by atoms with Crippen molar-refractivity contribution in [2.75, 3.05) is 20.5 Å². The van der Waals surface area contributed by atoms with Crippen LogP contribution in [0.3, 0.4) is 0 Å². The van der Waals surface area contributed by atoms with Gasteiger partial charge in [0.25, 0.3) is 0 Å². The number of methoxy groups -OCH3 is 2. The van der Waals surface area contributed by atoms with Gasteiger partial charge < -0.3 is 14.8 Å². The Morgan fingerprint density at radius 1 is 0.833 bits per heavy atom. The summed E-state index contributed by atoms with van der Waals surface area (Å²) in [5.74, 6) is 1.07. The first-order valence-corrected chi connectivity index (χ1v) is 11.0. The maximum Gasteiger partial charge on any atom is 0.228 e. The highest BCUT2D eigenvalue weighted by atomic mass is 32.2. The minimum Gasteiger partial charge on any atom is -0.496 e. The fourth-order valence-electron chi connectivity index (χ4n) is 3.44. The molecule has 0 unspecified atom stereocenters. The van der Waals surface area contributed by atoms with E-state index in [2.05, 4.69) is 5.32 Å². The molecule has 0 aliphatic heterocycles. The summed E-state index contributed by atoms with van der Waals surface area (Å²) in [5.41, 5.74) is 2.73. The number of ether oxygens (including phenoxy) is 2. The zero-order valence-electron chi connectivity index (χ0n) is 17.7. The van der Waals surface area contributed by atoms with E-state index in [4.69, 9.17) is 9.47 Å². The molecule has 156 valence electrons. The number of amides is 1. The van der Waals surface area contributed by atoms with Gasteiger partial charge in [0, 0.05) is 16.0 Å². The molecule has 0 heterocycles. The number of carbonyl (C=O) groups excluding carboxylic acids is 1. The fraction of sp³-hybridized carbons (Fsp3) is 0.240. The Balaban J connectivity index is 1.96. The minimum absolute atomic E-state index is 0.0614. The lowest BCUT2D eigenvalue weighted by Gasteiger charge is -2.25. The highest BCUT2D eigenvalue weighted by Crippen LogP contribution is 2.35. The van der Waals surface area contributed by atoms with Gasteiger partial charge in [0.1, 0.15) is 11.5 Å². The van der Waals surface area contributed by atoms with Gasteiger partial charge in [-0.1, -0.05) is 48.5 Å². The number of nitrogens with one attached hydrogen (secondary N) is 1. The molecule has 0 saturated heterocycles. The van der Waals surface area contributed by atoms with E-state index in [9.17, 15) is 4.79 Å². The van der Waals surface area contributed by atoms with Crippen LogP contribution in [-0.2, 0) is 4.79 Å². The predicted molar refractivity (Wildman–Crippen MR) is 123 cm³/mol. The molecule has 3 aromatic carbocycles. The van der Waals surface area contributed by atoms with E-state index in [-0.39, 0.29) is 11.8 Å². The van der Waals surface area contributed by atoms with Crippen molar-refractivity contribution in [1.29, 1.82) is 0 Å². The molecule has 0 aliphatic rings. The SMILES string of the molecule is COc1ccccc1C(NC(=O)[C@H](C)c1ccc(SC)cc1)c1ccccc1OC. The minimum atomic E-state index is -0.405. The van der Waals surface area contributed by atoms with Gasteiger partial charge >= 0.3 is 0 Å². The van der Waals surface area contributed by atoms with E-state index in [1.165, 1.54) is 4.90 Å². The van der Waals surface area contributed by atoms with Gasteiger partial charge in [-0.15, -0.1) is 11.8 Å². The third kappa shape index (κ3) is 4.79. The summed E-state index contributed by atoms with van der Waals surface area (Å²) in [5, 5.41) is 3.22. The van der Waals surface area contributed by atoms with Crippen LogP contribution < -0.4 is 14.8 Å². The molecule has 0 aromatic heterocycles. The summed E-state index contributed by atoms with van der Waals surface area (Å²) in [7, 11) is 3.27. The first kappa shape index (κ1) is 21.8. The summed E-state index contributed by atoms with van der Waals surface area (Å²) in [6, 6.07) is 23.1. The monoisotopic (exact) mass is 421 g/mol. The largest absolute Gasteiger partial charge is 0.496 e. The van der Waals surface area contributed by atoms with Gasteiger partial charge in [0.15, 0.2) is 0 Å². The number of hydrogen-bond donors (Lipinski definition) is 1. The fourth-order valence-corrected chi connectivity index (χ4v) is 3.85. The molecule has 1 amide bonds. The molecule has 0 radical (unpaired) electrons. The van der Waals surface area contributed by atoms with E-state index >= 15 is 0 Å². The van der Waals surface area contributed by atoms with Crippen LogP contribution in [0.1, 0.15) is 35.6 Å². The number of para-hydroxylation sites is 2. The lowest BCUT2D eigenvalue weighted by Crippen LogP contribution is -2.33. The molecule has 30 heavy (non-hydrogen) atoms. The number of benzene rings is 3. The maximum atomic E-state index is 13.3. The lowest BCUT2D eigenvalue weighted by atomic mass is 9.94. The van der Waals surface area contributed by atoms with Gasteiger partial charge in [-0.2, -0.15) is 0 Å². The van der Waals surface area contributed by atoms with Gasteiger partial charge in [-0.05, 0) is 43.0 Å². The molecule has 1 N–H and O–H groups in total. The van der Waals surface area contributed by atoms with Crippen molar-refractivity contribution in [3.05, 3.63) is 89.5 Å². The van der Waals surface area contributed by atoms with Gasteiger partial charge in [0.2, 0.25) is 5.91 Å². The van der Waals surface area contributed by atoms with Crippen LogP contribution in [0.2, 0.25) is 0 Å². The van der Waals surface area contributed by atoms with E-state index in [1.54, 1.807) is 26.0 Å². The Hall–Kier alpha value is -2.92. The second-order valence-electron chi connectivity index (χ2n) is 6.92. The van der Waals surface area contributed by atoms with Crippen LogP contribution in [0.15, 0.2) is 77.7 Å². The molecule has 3 aromatic rings. The summed E-state index contributed by atoms with van der Waals surface area (Å²) in [6.07, 6.45) is 2.04. The van der Waals surface area contributed by atoms with Crippen molar-refractivity contribution < 1.29 is 14.3 Å². The first-order valence-electron chi connectivity index (χ1n) is 9.79. The van der Waals surface area contributed by atoms with Gasteiger partial charge in [0.05, 0.1) is 26.2 Å². The summed E-state index contributed by atoms with van der Waals surface area (Å²) < 4.78 is 11.2. The predicted octanol–water partition coefficient (Wildman–Crippen LogP) is 5.44. The molecule has 0 fully saturated rings. The van der Waals surface area contributed by atoms with Crippen molar-refractivity contribution in [3.8, 4) is 11.5 Å². The van der Waals surface area contributed by atoms with Crippen LogP contribution in [0.25, 0.3) is 0 Å². The van der Waals surface area contributed by atoms with Crippen LogP contribution in [0.5, 0.6) is 11.5 Å². The smallest absolute Gasteiger partial charge is 0.228 e. The van der Waals surface area contributed by atoms with Gasteiger partial charge in [-0.3, -0.25) is 4.79 Å². The van der Waals surface area contributed by atoms with Crippen molar-refractivity contribution in [1.82, 2.24) is 5.32 Å². The molecule has 5 heteroatoms. The standard InChI is InChI=1S/C25H27NO3S/c1-17(18-13-15-19(30-4)16-14-18)25(27)26-24(20-9-5-7-11-22(20)28-2)21-10-6-8-12-23(21)29-3/h5-17,24H,1-4H3,(H,26,27)/t17-/m1/s1. The Morgan fingerprint density at radius 2 is 1.33 bits per heavy atom. The average Bonchev–Trinajstić information content (AvgIpc) is 2.82.